The predicted octanol–water partition coefficient (Wildman–Crippen LogP) is 4.19. The first kappa shape index (κ1) is 12.1. The lowest BCUT2D eigenvalue weighted by Gasteiger charge is -2.09. The van der Waals surface area contributed by atoms with E-state index in [9.17, 15) is 0 Å². The second kappa shape index (κ2) is 5.30. The Bertz CT molecular complexity index is 527. The molecule has 4 heteroatoms. The summed E-state index contributed by atoms with van der Waals surface area (Å²) in [4.78, 5) is 0. The zero-order chi connectivity index (χ0) is 12.3. The first-order valence-electron chi connectivity index (χ1n) is 5.19. The van der Waals surface area contributed by atoms with Gasteiger partial charge in [0.25, 0.3) is 0 Å². The molecule has 0 saturated carbocycles. The van der Waals surface area contributed by atoms with E-state index in [1.165, 1.54) is 0 Å². The molecule has 17 heavy (non-hydrogen) atoms. The van der Waals surface area contributed by atoms with Crippen molar-refractivity contribution in [2.75, 3.05) is 11.1 Å². The van der Waals surface area contributed by atoms with Gasteiger partial charge in [-0.2, -0.15) is 0 Å². The first-order chi connectivity index (χ1) is 8.16. The summed E-state index contributed by atoms with van der Waals surface area (Å²) in [6, 6.07) is 13.2. The largest absolute Gasteiger partial charge is 0.399 e. The van der Waals surface area contributed by atoms with Crippen LogP contribution in [0.15, 0.2) is 42.5 Å². The molecule has 0 aromatic heterocycles. The van der Waals surface area contributed by atoms with Gasteiger partial charge in [0.15, 0.2) is 0 Å². The number of rotatable bonds is 3. The van der Waals surface area contributed by atoms with Crippen LogP contribution in [0.5, 0.6) is 0 Å². The van der Waals surface area contributed by atoms with E-state index in [0.29, 0.717) is 16.6 Å². The molecule has 0 amide bonds. The van der Waals surface area contributed by atoms with Crippen LogP contribution >= 0.6 is 23.2 Å². The summed E-state index contributed by atoms with van der Waals surface area (Å²) in [5.74, 6) is 0. The van der Waals surface area contributed by atoms with Gasteiger partial charge in [-0.15, -0.1) is 0 Å². The molecule has 0 saturated heterocycles. The monoisotopic (exact) mass is 266 g/mol. The molecule has 0 aliphatic rings. The lowest BCUT2D eigenvalue weighted by Crippen LogP contribution is -2.00. The first-order valence-corrected chi connectivity index (χ1v) is 5.95. The van der Waals surface area contributed by atoms with Crippen molar-refractivity contribution >= 4 is 34.6 Å². The maximum absolute atomic E-state index is 6.07. The fourth-order valence-electron chi connectivity index (χ4n) is 1.54. The average molecular weight is 267 g/mol. The number of benzene rings is 2. The van der Waals surface area contributed by atoms with Gasteiger partial charge in [-0.25, -0.2) is 0 Å². The van der Waals surface area contributed by atoms with E-state index in [4.69, 9.17) is 28.9 Å². The highest BCUT2D eigenvalue weighted by atomic mass is 35.5. The van der Waals surface area contributed by atoms with Crippen molar-refractivity contribution < 1.29 is 0 Å². The van der Waals surface area contributed by atoms with Gasteiger partial charge in [0.2, 0.25) is 0 Å². The summed E-state index contributed by atoms with van der Waals surface area (Å²) < 4.78 is 0. The van der Waals surface area contributed by atoms with Crippen molar-refractivity contribution in [3.8, 4) is 0 Å². The summed E-state index contributed by atoms with van der Waals surface area (Å²) in [5, 5.41) is 4.31. The summed E-state index contributed by atoms with van der Waals surface area (Å²) in [6.45, 7) is 0.658. The van der Waals surface area contributed by atoms with E-state index in [1.807, 2.05) is 36.4 Å². The highest BCUT2D eigenvalue weighted by molar-refractivity contribution is 6.43. The zero-order valence-electron chi connectivity index (χ0n) is 9.08. The van der Waals surface area contributed by atoms with E-state index in [0.717, 1.165) is 16.9 Å². The molecule has 0 radical (unpaired) electrons. The Morgan fingerprint density at radius 3 is 2.59 bits per heavy atom. The standard InChI is InChI=1S/C13H12Cl2N2/c14-11-5-2-6-12(13(11)15)17-8-9-3-1-4-10(16)7-9/h1-7,17H,8,16H2. The Hall–Kier alpha value is -1.38. The maximum Gasteiger partial charge on any atom is 0.0823 e. The Morgan fingerprint density at radius 2 is 1.82 bits per heavy atom. The average Bonchev–Trinajstić information content (AvgIpc) is 2.31. The van der Waals surface area contributed by atoms with E-state index in [2.05, 4.69) is 5.32 Å². The van der Waals surface area contributed by atoms with Crippen LogP contribution in [0.3, 0.4) is 0 Å². The number of nitrogens with one attached hydrogen (secondary N) is 1. The SMILES string of the molecule is Nc1cccc(CNc2cccc(Cl)c2Cl)c1. The normalized spacial score (nSPS) is 10.2. The van der Waals surface area contributed by atoms with Gasteiger partial charge in [-0.05, 0) is 29.8 Å². The number of nitrogens with two attached hydrogens (primary N) is 1. The number of halogens is 2. The van der Waals surface area contributed by atoms with Gasteiger partial charge in [-0.1, -0.05) is 41.4 Å². The molecular formula is C13H12Cl2N2. The van der Waals surface area contributed by atoms with Gasteiger partial charge >= 0.3 is 0 Å². The minimum absolute atomic E-state index is 0.540. The van der Waals surface area contributed by atoms with E-state index in [-0.39, 0.29) is 0 Å². The number of nitrogen functional groups attached to an aromatic ring is 1. The smallest absolute Gasteiger partial charge is 0.0823 e. The second-order valence-corrected chi connectivity index (χ2v) is 4.49. The number of hydrogen-bond donors (Lipinski definition) is 2. The molecule has 0 heterocycles. The number of hydrogen-bond acceptors (Lipinski definition) is 2. The summed E-state index contributed by atoms with van der Waals surface area (Å²) in [6.07, 6.45) is 0. The van der Waals surface area contributed by atoms with Crippen molar-refractivity contribution in [3.05, 3.63) is 58.1 Å². The molecule has 0 aliphatic carbocycles. The molecule has 0 bridgehead atoms. The fourth-order valence-corrected chi connectivity index (χ4v) is 1.91. The predicted molar refractivity (Wildman–Crippen MR) is 74.6 cm³/mol. The second-order valence-electron chi connectivity index (χ2n) is 3.70. The van der Waals surface area contributed by atoms with Gasteiger partial charge in [0.1, 0.15) is 0 Å². The third-order valence-corrected chi connectivity index (χ3v) is 3.20. The van der Waals surface area contributed by atoms with Crippen molar-refractivity contribution in [2.24, 2.45) is 0 Å². The van der Waals surface area contributed by atoms with E-state index < -0.39 is 0 Å². The van der Waals surface area contributed by atoms with Crippen LogP contribution in [0, 0.1) is 0 Å². The van der Waals surface area contributed by atoms with Crippen LogP contribution in [0.2, 0.25) is 10.0 Å². The lowest BCUT2D eigenvalue weighted by atomic mass is 10.2. The molecule has 2 aromatic rings. The van der Waals surface area contributed by atoms with E-state index >= 15 is 0 Å². The van der Waals surface area contributed by atoms with Crippen LogP contribution in [-0.2, 0) is 6.54 Å². The van der Waals surface area contributed by atoms with Crippen LogP contribution in [0.4, 0.5) is 11.4 Å². The molecule has 0 spiro atoms. The quantitative estimate of drug-likeness (QED) is 0.818. The Labute approximate surface area is 110 Å². The van der Waals surface area contributed by atoms with Crippen molar-refractivity contribution in [1.29, 1.82) is 0 Å². The van der Waals surface area contributed by atoms with Crippen LogP contribution in [-0.4, -0.2) is 0 Å². The molecule has 2 aromatic carbocycles. The van der Waals surface area contributed by atoms with Crippen LogP contribution in [0.25, 0.3) is 0 Å². The van der Waals surface area contributed by atoms with Crippen molar-refractivity contribution in [2.45, 2.75) is 6.54 Å². The molecule has 0 fully saturated rings. The minimum Gasteiger partial charge on any atom is -0.399 e. The van der Waals surface area contributed by atoms with Gasteiger partial charge < -0.3 is 11.1 Å². The fraction of sp³-hybridized carbons (Fsp3) is 0.0769. The summed E-state index contributed by atoms with van der Waals surface area (Å²) >= 11 is 12.0. The molecule has 0 atom stereocenters. The zero-order valence-corrected chi connectivity index (χ0v) is 10.6. The van der Waals surface area contributed by atoms with Crippen molar-refractivity contribution in [1.82, 2.24) is 0 Å². The third-order valence-electron chi connectivity index (χ3n) is 2.39. The minimum atomic E-state index is 0.540. The Morgan fingerprint density at radius 1 is 1.06 bits per heavy atom. The maximum atomic E-state index is 6.07. The molecule has 2 rings (SSSR count). The van der Waals surface area contributed by atoms with Gasteiger partial charge in [0.05, 0.1) is 15.7 Å². The molecule has 0 aliphatic heterocycles. The van der Waals surface area contributed by atoms with Crippen LogP contribution < -0.4 is 11.1 Å². The van der Waals surface area contributed by atoms with E-state index in [1.54, 1.807) is 6.07 Å². The summed E-state index contributed by atoms with van der Waals surface area (Å²) in [5.41, 5.74) is 8.38. The molecule has 88 valence electrons. The lowest BCUT2D eigenvalue weighted by molar-refractivity contribution is 1.15. The Kier molecular flexibility index (Phi) is 3.77. The van der Waals surface area contributed by atoms with Crippen LogP contribution in [0.1, 0.15) is 5.56 Å². The molecule has 2 nitrogen and oxygen atoms in total. The van der Waals surface area contributed by atoms with Gasteiger partial charge in [0, 0.05) is 12.2 Å². The topological polar surface area (TPSA) is 38.0 Å². The number of anilines is 2. The van der Waals surface area contributed by atoms with Gasteiger partial charge in [-0.3, -0.25) is 0 Å². The molecule has 3 N–H and O–H groups in total. The van der Waals surface area contributed by atoms with Crippen molar-refractivity contribution in [3.63, 3.8) is 0 Å². The molecule has 0 unspecified atom stereocenters. The third kappa shape index (κ3) is 3.05. The molecular weight excluding hydrogens is 255 g/mol. The summed E-state index contributed by atoms with van der Waals surface area (Å²) in [7, 11) is 0. The highest BCUT2D eigenvalue weighted by Gasteiger charge is 2.03. The Balaban J connectivity index is 2.10. The highest BCUT2D eigenvalue weighted by Crippen LogP contribution is 2.29.